The fourth-order valence-electron chi connectivity index (χ4n) is 1.44. The molecule has 0 amide bonds. The van der Waals surface area contributed by atoms with Gasteiger partial charge in [0.25, 0.3) is 0 Å². The van der Waals surface area contributed by atoms with Crippen LogP contribution in [-0.4, -0.2) is 19.4 Å². The van der Waals surface area contributed by atoms with Crippen molar-refractivity contribution >= 4 is 23.9 Å². The van der Waals surface area contributed by atoms with Gasteiger partial charge in [0.05, 0.1) is 12.7 Å². The second-order valence-corrected chi connectivity index (χ2v) is 3.72. The van der Waals surface area contributed by atoms with E-state index in [0.717, 1.165) is 0 Å². The highest BCUT2D eigenvalue weighted by atomic mass is 19.1. The molecule has 0 aromatic heterocycles. The Bertz CT molecular complexity index is 530. The Morgan fingerprint density at radius 2 is 2.11 bits per heavy atom. The van der Waals surface area contributed by atoms with Crippen LogP contribution < -0.4 is 0 Å². The van der Waals surface area contributed by atoms with Crippen LogP contribution in [0.4, 0.5) is 4.39 Å². The fraction of sp³-hybridized carbons (Fsp3) is 0.143. The summed E-state index contributed by atoms with van der Waals surface area (Å²) in [4.78, 5) is 21.7. The lowest BCUT2D eigenvalue weighted by atomic mass is 9.99. The SMILES string of the molecule is C=C(C)c1cc(/C=C/C(=O)OC)cc(F)c1C=O. The monoisotopic (exact) mass is 248 g/mol. The first-order chi connectivity index (χ1) is 8.49. The number of hydrogen-bond acceptors (Lipinski definition) is 3. The van der Waals surface area contributed by atoms with Crippen LogP contribution in [0.25, 0.3) is 11.6 Å². The van der Waals surface area contributed by atoms with Crippen molar-refractivity contribution in [1.29, 1.82) is 0 Å². The van der Waals surface area contributed by atoms with E-state index >= 15 is 0 Å². The van der Waals surface area contributed by atoms with Gasteiger partial charge in [0.1, 0.15) is 5.82 Å². The maximum absolute atomic E-state index is 13.7. The Morgan fingerprint density at radius 3 is 2.61 bits per heavy atom. The number of ether oxygens (including phenoxy) is 1. The van der Waals surface area contributed by atoms with E-state index < -0.39 is 11.8 Å². The minimum absolute atomic E-state index is 0.0299. The molecule has 0 saturated heterocycles. The van der Waals surface area contributed by atoms with Crippen LogP contribution in [0.2, 0.25) is 0 Å². The quantitative estimate of drug-likeness (QED) is 0.467. The molecule has 0 atom stereocenters. The van der Waals surface area contributed by atoms with Gasteiger partial charge in [0.2, 0.25) is 0 Å². The number of methoxy groups -OCH3 is 1. The second-order valence-electron chi connectivity index (χ2n) is 3.72. The van der Waals surface area contributed by atoms with Crippen molar-refractivity contribution in [2.45, 2.75) is 6.92 Å². The third-order valence-corrected chi connectivity index (χ3v) is 2.34. The van der Waals surface area contributed by atoms with Crippen LogP contribution in [0.1, 0.15) is 28.4 Å². The van der Waals surface area contributed by atoms with Crippen LogP contribution in [-0.2, 0) is 9.53 Å². The Balaban J connectivity index is 3.25. The Hall–Kier alpha value is -2.23. The molecule has 3 nitrogen and oxygen atoms in total. The summed E-state index contributed by atoms with van der Waals surface area (Å²) in [5.74, 6) is -1.18. The number of carbonyl (C=O) groups excluding carboxylic acids is 2. The van der Waals surface area contributed by atoms with Gasteiger partial charge in [-0.15, -0.1) is 0 Å². The summed E-state index contributed by atoms with van der Waals surface area (Å²) < 4.78 is 18.1. The van der Waals surface area contributed by atoms with Gasteiger partial charge in [-0.05, 0) is 36.3 Å². The van der Waals surface area contributed by atoms with Gasteiger partial charge in [0.15, 0.2) is 6.29 Å². The molecule has 4 heteroatoms. The first-order valence-corrected chi connectivity index (χ1v) is 5.20. The maximum Gasteiger partial charge on any atom is 0.330 e. The number of hydrogen-bond donors (Lipinski definition) is 0. The number of aldehydes is 1. The maximum atomic E-state index is 13.7. The lowest BCUT2D eigenvalue weighted by Gasteiger charge is -2.07. The zero-order chi connectivity index (χ0) is 13.7. The predicted molar refractivity (Wildman–Crippen MR) is 67.5 cm³/mol. The summed E-state index contributed by atoms with van der Waals surface area (Å²) in [7, 11) is 1.25. The highest BCUT2D eigenvalue weighted by Gasteiger charge is 2.10. The molecule has 0 aliphatic carbocycles. The molecule has 1 aromatic carbocycles. The molecular formula is C14H13FO3. The molecule has 0 radical (unpaired) electrons. The molecule has 0 aliphatic heterocycles. The first-order valence-electron chi connectivity index (χ1n) is 5.20. The summed E-state index contributed by atoms with van der Waals surface area (Å²) in [6.45, 7) is 5.36. The molecule has 1 aromatic rings. The average molecular weight is 248 g/mol. The average Bonchev–Trinajstić information content (AvgIpc) is 2.34. The zero-order valence-electron chi connectivity index (χ0n) is 10.2. The number of esters is 1. The van der Waals surface area contributed by atoms with E-state index in [2.05, 4.69) is 11.3 Å². The summed E-state index contributed by atoms with van der Waals surface area (Å²) >= 11 is 0. The minimum Gasteiger partial charge on any atom is -0.466 e. The van der Waals surface area contributed by atoms with Gasteiger partial charge in [-0.25, -0.2) is 9.18 Å². The molecule has 0 spiro atoms. The lowest BCUT2D eigenvalue weighted by molar-refractivity contribution is -0.134. The van der Waals surface area contributed by atoms with Crippen LogP contribution in [0.5, 0.6) is 0 Å². The summed E-state index contributed by atoms with van der Waals surface area (Å²) in [6.07, 6.45) is 3.04. The number of benzene rings is 1. The van der Waals surface area contributed by atoms with Crippen molar-refractivity contribution in [1.82, 2.24) is 0 Å². The first kappa shape index (κ1) is 13.8. The molecule has 0 unspecified atom stereocenters. The van der Waals surface area contributed by atoms with Crippen LogP contribution in [0.15, 0.2) is 24.8 Å². The smallest absolute Gasteiger partial charge is 0.330 e. The molecule has 0 bridgehead atoms. The molecule has 0 heterocycles. The van der Waals surface area contributed by atoms with Crippen molar-refractivity contribution < 1.29 is 18.7 Å². The topological polar surface area (TPSA) is 43.4 Å². The van der Waals surface area contributed by atoms with Crippen LogP contribution in [0.3, 0.4) is 0 Å². The van der Waals surface area contributed by atoms with Gasteiger partial charge in [-0.2, -0.15) is 0 Å². The van der Waals surface area contributed by atoms with Crippen molar-refractivity contribution in [2.24, 2.45) is 0 Å². The Kier molecular flexibility index (Phi) is 4.54. The Labute approximate surface area is 105 Å². The number of carbonyl (C=O) groups is 2. The van der Waals surface area contributed by atoms with Gasteiger partial charge >= 0.3 is 5.97 Å². The van der Waals surface area contributed by atoms with E-state index in [1.165, 1.54) is 25.3 Å². The molecule has 0 N–H and O–H groups in total. The number of rotatable bonds is 4. The van der Waals surface area contributed by atoms with E-state index in [0.29, 0.717) is 23.0 Å². The van der Waals surface area contributed by atoms with E-state index in [4.69, 9.17) is 0 Å². The molecular weight excluding hydrogens is 235 g/mol. The van der Waals surface area contributed by atoms with Crippen LogP contribution in [0, 0.1) is 5.82 Å². The summed E-state index contributed by atoms with van der Waals surface area (Å²) in [5, 5.41) is 0. The van der Waals surface area contributed by atoms with Gasteiger partial charge in [-0.1, -0.05) is 12.2 Å². The van der Waals surface area contributed by atoms with Crippen molar-refractivity contribution in [2.75, 3.05) is 7.11 Å². The van der Waals surface area contributed by atoms with Crippen molar-refractivity contribution in [3.05, 3.63) is 47.3 Å². The third-order valence-electron chi connectivity index (χ3n) is 2.34. The highest BCUT2D eigenvalue weighted by Crippen LogP contribution is 2.22. The zero-order valence-corrected chi connectivity index (χ0v) is 10.2. The standard InChI is InChI=1S/C14H13FO3/c1-9(2)11-6-10(4-5-14(17)18-3)7-13(15)12(11)8-16/h4-8H,1H2,2-3H3/b5-4+. The molecule has 94 valence electrons. The normalized spacial score (nSPS) is 10.4. The van der Waals surface area contributed by atoms with E-state index in [-0.39, 0.29) is 5.56 Å². The van der Waals surface area contributed by atoms with E-state index in [1.807, 2.05) is 0 Å². The molecule has 0 aliphatic rings. The van der Waals surface area contributed by atoms with Crippen LogP contribution >= 0.6 is 0 Å². The van der Waals surface area contributed by atoms with Gasteiger partial charge < -0.3 is 4.74 Å². The molecule has 0 saturated carbocycles. The second kappa shape index (κ2) is 5.91. The highest BCUT2D eigenvalue weighted by molar-refractivity contribution is 5.89. The summed E-state index contributed by atoms with van der Waals surface area (Å²) in [6, 6.07) is 2.77. The van der Waals surface area contributed by atoms with Gasteiger partial charge in [-0.3, -0.25) is 4.79 Å². The third kappa shape index (κ3) is 3.13. The number of halogens is 1. The van der Waals surface area contributed by atoms with Crippen molar-refractivity contribution in [3.8, 4) is 0 Å². The lowest BCUT2D eigenvalue weighted by Crippen LogP contribution is -1.97. The molecule has 1 rings (SSSR count). The largest absolute Gasteiger partial charge is 0.466 e. The minimum atomic E-state index is -0.644. The van der Waals surface area contributed by atoms with Gasteiger partial charge in [0, 0.05) is 6.08 Å². The molecule has 0 fully saturated rings. The van der Waals surface area contributed by atoms with E-state index in [1.54, 1.807) is 13.0 Å². The number of allylic oxidation sites excluding steroid dienone is 1. The molecule has 18 heavy (non-hydrogen) atoms. The summed E-state index contributed by atoms with van der Waals surface area (Å²) in [5.41, 5.74) is 1.43. The van der Waals surface area contributed by atoms with E-state index in [9.17, 15) is 14.0 Å². The Morgan fingerprint density at radius 1 is 1.44 bits per heavy atom. The fourth-order valence-corrected chi connectivity index (χ4v) is 1.44. The van der Waals surface area contributed by atoms with Crippen molar-refractivity contribution in [3.63, 3.8) is 0 Å². The predicted octanol–water partition coefficient (Wildman–Crippen LogP) is 2.86.